The van der Waals surface area contributed by atoms with E-state index in [2.05, 4.69) is 0 Å². The van der Waals surface area contributed by atoms with Crippen molar-refractivity contribution in [1.29, 1.82) is 0 Å². The van der Waals surface area contributed by atoms with Crippen molar-refractivity contribution in [3.63, 3.8) is 0 Å². The summed E-state index contributed by atoms with van der Waals surface area (Å²) in [5.41, 5.74) is 0.0950. The van der Waals surface area contributed by atoms with Crippen molar-refractivity contribution in [1.82, 2.24) is 9.80 Å². The predicted molar refractivity (Wildman–Crippen MR) is 80.5 cm³/mol. The average Bonchev–Trinajstić information content (AvgIpc) is 3.04. The van der Waals surface area contributed by atoms with Gasteiger partial charge in [-0.05, 0) is 13.0 Å². The fourth-order valence-corrected chi connectivity index (χ4v) is 3.57. The lowest BCUT2D eigenvalue weighted by Crippen LogP contribution is -2.46. The molecule has 0 bridgehead atoms. The van der Waals surface area contributed by atoms with Gasteiger partial charge in [0.15, 0.2) is 0 Å². The Balaban J connectivity index is 2.07. The summed E-state index contributed by atoms with van der Waals surface area (Å²) < 4.78 is 5.37. The van der Waals surface area contributed by atoms with E-state index in [1.807, 2.05) is 0 Å². The summed E-state index contributed by atoms with van der Waals surface area (Å²) in [6.45, 7) is 3.18. The van der Waals surface area contributed by atoms with Gasteiger partial charge in [0.25, 0.3) is 0 Å². The Bertz CT molecular complexity index is 612. The maximum atomic E-state index is 12.5. The number of carboxylic acid groups (broad SMARTS) is 1. The summed E-state index contributed by atoms with van der Waals surface area (Å²) in [6.07, 6.45) is 0. The maximum Gasteiger partial charge on any atom is 0.339 e. The lowest BCUT2D eigenvalue weighted by Gasteiger charge is -2.26. The standard InChI is InChI=1S/C14H18N2O5S/c1-8-11(14(19)20)4-10(21-8)5-15(3)13(18)12-6-22-7-16(12)9(2)17/h4,12H,5-7H2,1-3H3,(H,19,20)/t12-/m0/s1. The van der Waals surface area contributed by atoms with Crippen molar-refractivity contribution < 1.29 is 23.9 Å². The molecular weight excluding hydrogens is 308 g/mol. The number of aryl methyl sites for hydroxylation is 1. The third-order valence-corrected chi connectivity index (χ3v) is 4.55. The second-order valence-corrected chi connectivity index (χ2v) is 6.19. The van der Waals surface area contributed by atoms with Gasteiger partial charge in [0.05, 0.1) is 12.4 Å². The van der Waals surface area contributed by atoms with Crippen LogP contribution in [0.2, 0.25) is 0 Å². The van der Waals surface area contributed by atoms with Gasteiger partial charge >= 0.3 is 5.97 Å². The third-order valence-electron chi connectivity index (χ3n) is 3.54. The Morgan fingerprint density at radius 1 is 1.50 bits per heavy atom. The number of carbonyl (C=O) groups excluding carboxylic acids is 2. The first-order valence-corrected chi connectivity index (χ1v) is 7.89. The number of hydrogen-bond acceptors (Lipinski definition) is 5. The van der Waals surface area contributed by atoms with E-state index >= 15 is 0 Å². The molecule has 1 aliphatic rings. The van der Waals surface area contributed by atoms with Gasteiger partial charge in [0.2, 0.25) is 11.8 Å². The summed E-state index contributed by atoms with van der Waals surface area (Å²) in [6, 6.07) is 0.954. The maximum absolute atomic E-state index is 12.5. The first-order valence-electron chi connectivity index (χ1n) is 6.73. The lowest BCUT2D eigenvalue weighted by molar-refractivity contribution is -0.142. The molecule has 2 heterocycles. The highest BCUT2D eigenvalue weighted by Crippen LogP contribution is 2.23. The van der Waals surface area contributed by atoms with Gasteiger partial charge in [0, 0.05) is 19.7 Å². The Morgan fingerprint density at radius 3 is 2.73 bits per heavy atom. The molecule has 1 aliphatic heterocycles. The number of amides is 2. The normalized spacial score (nSPS) is 17.6. The monoisotopic (exact) mass is 326 g/mol. The minimum absolute atomic E-state index is 0.0950. The van der Waals surface area contributed by atoms with Gasteiger partial charge in [-0.25, -0.2) is 4.79 Å². The minimum Gasteiger partial charge on any atom is -0.478 e. The molecule has 22 heavy (non-hydrogen) atoms. The van der Waals surface area contributed by atoms with Crippen LogP contribution in [0, 0.1) is 6.92 Å². The second kappa shape index (κ2) is 6.43. The molecule has 2 rings (SSSR count). The summed E-state index contributed by atoms with van der Waals surface area (Å²) in [5.74, 6) is 0.445. The quantitative estimate of drug-likeness (QED) is 0.893. The van der Waals surface area contributed by atoms with Gasteiger partial charge in [-0.3, -0.25) is 9.59 Å². The molecule has 120 valence electrons. The fraction of sp³-hybridized carbons (Fsp3) is 0.500. The van der Waals surface area contributed by atoms with Crippen LogP contribution in [-0.4, -0.2) is 57.4 Å². The van der Waals surface area contributed by atoms with Crippen LogP contribution in [0.4, 0.5) is 0 Å². The zero-order chi connectivity index (χ0) is 16.4. The van der Waals surface area contributed by atoms with Crippen molar-refractivity contribution in [3.05, 3.63) is 23.2 Å². The number of furan rings is 1. The van der Waals surface area contributed by atoms with Crippen LogP contribution in [0.25, 0.3) is 0 Å². The highest BCUT2D eigenvalue weighted by Gasteiger charge is 2.34. The molecule has 1 atom stereocenters. The number of hydrogen-bond donors (Lipinski definition) is 1. The van der Waals surface area contributed by atoms with E-state index < -0.39 is 12.0 Å². The van der Waals surface area contributed by atoms with E-state index in [0.29, 0.717) is 23.2 Å². The molecule has 0 aliphatic carbocycles. The largest absolute Gasteiger partial charge is 0.478 e. The molecule has 7 nitrogen and oxygen atoms in total. The summed E-state index contributed by atoms with van der Waals surface area (Å²) in [5, 5.41) is 9.00. The predicted octanol–water partition coefficient (Wildman–Crippen LogP) is 1.17. The van der Waals surface area contributed by atoms with Crippen molar-refractivity contribution in [3.8, 4) is 0 Å². The van der Waals surface area contributed by atoms with Crippen LogP contribution in [0.1, 0.15) is 28.8 Å². The van der Waals surface area contributed by atoms with Crippen molar-refractivity contribution >= 4 is 29.5 Å². The SMILES string of the molecule is CC(=O)N1CSC[C@H]1C(=O)N(C)Cc1cc(C(=O)O)c(C)o1. The molecule has 8 heteroatoms. The molecule has 2 amide bonds. The van der Waals surface area contributed by atoms with E-state index in [0.717, 1.165) is 0 Å². The first kappa shape index (κ1) is 16.4. The minimum atomic E-state index is -1.06. The number of nitrogens with zero attached hydrogens (tertiary/aromatic N) is 2. The highest BCUT2D eigenvalue weighted by molar-refractivity contribution is 7.99. The smallest absolute Gasteiger partial charge is 0.339 e. The summed E-state index contributed by atoms with van der Waals surface area (Å²) in [4.78, 5) is 38.0. The third kappa shape index (κ3) is 3.27. The van der Waals surface area contributed by atoms with E-state index in [1.165, 1.54) is 29.7 Å². The number of aromatic carboxylic acids is 1. The van der Waals surface area contributed by atoms with Gasteiger partial charge in [-0.15, -0.1) is 11.8 Å². The van der Waals surface area contributed by atoms with Gasteiger partial charge < -0.3 is 19.3 Å². The summed E-state index contributed by atoms with van der Waals surface area (Å²) in [7, 11) is 1.61. The fourth-order valence-electron chi connectivity index (χ4n) is 2.36. The number of carboxylic acids is 1. The number of likely N-dealkylation sites (N-methyl/N-ethyl adjacent to an activating group) is 1. The Kier molecular flexibility index (Phi) is 4.80. The molecule has 0 saturated carbocycles. The molecule has 1 aromatic heterocycles. The van der Waals surface area contributed by atoms with E-state index in [4.69, 9.17) is 9.52 Å². The first-order chi connectivity index (χ1) is 10.3. The topological polar surface area (TPSA) is 91.1 Å². The number of rotatable bonds is 4. The number of carbonyl (C=O) groups is 3. The molecule has 0 radical (unpaired) electrons. The highest BCUT2D eigenvalue weighted by atomic mass is 32.2. The molecular formula is C14H18N2O5S. The van der Waals surface area contributed by atoms with Crippen molar-refractivity contribution in [2.75, 3.05) is 18.7 Å². The van der Waals surface area contributed by atoms with Crippen LogP contribution in [0.15, 0.2) is 10.5 Å². The zero-order valence-electron chi connectivity index (χ0n) is 12.7. The Hall–Kier alpha value is -1.96. The van der Waals surface area contributed by atoms with Crippen LogP contribution in [0.5, 0.6) is 0 Å². The van der Waals surface area contributed by atoms with Gasteiger partial charge in [0.1, 0.15) is 23.1 Å². The Labute approximate surface area is 132 Å². The summed E-state index contributed by atoms with van der Waals surface area (Å²) >= 11 is 1.54. The number of thioether (sulfide) groups is 1. The van der Waals surface area contributed by atoms with Gasteiger partial charge in [-0.2, -0.15) is 0 Å². The second-order valence-electron chi connectivity index (χ2n) is 5.19. The molecule has 0 unspecified atom stereocenters. The van der Waals surface area contributed by atoms with E-state index in [9.17, 15) is 14.4 Å². The van der Waals surface area contributed by atoms with Gasteiger partial charge in [-0.1, -0.05) is 0 Å². The van der Waals surface area contributed by atoms with E-state index in [-0.39, 0.29) is 23.9 Å². The lowest BCUT2D eigenvalue weighted by atomic mass is 10.2. The average molecular weight is 326 g/mol. The molecule has 0 spiro atoms. The van der Waals surface area contributed by atoms with Crippen LogP contribution in [0.3, 0.4) is 0 Å². The molecule has 0 aromatic carbocycles. The van der Waals surface area contributed by atoms with Crippen LogP contribution >= 0.6 is 11.8 Å². The van der Waals surface area contributed by atoms with Crippen molar-refractivity contribution in [2.24, 2.45) is 0 Å². The van der Waals surface area contributed by atoms with Crippen LogP contribution in [-0.2, 0) is 16.1 Å². The van der Waals surface area contributed by atoms with Crippen LogP contribution < -0.4 is 0 Å². The zero-order valence-corrected chi connectivity index (χ0v) is 13.5. The van der Waals surface area contributed by atoms with E-state index in [1.54, 1.807) is 18.9 Å². The molecule has 1 saturated heterocycles. The van der Waals surface area contributed by atoms with Crippen molar-refractivity contribution in [2.45, 2.75) is 26.4 Å². The molecule has 1 aromatic rings. The molecule has 1 N–H and O–H groups in total. The molecule has 1 fully saturated rings. The Morgan fingerprint density at radius 2 is 2.18 bits per heavy atom.